The third kappa shape index (κ3) is 3.46. The number of aliphatic hydroxyl groups excluding tert-OH is 1. The Labute approximate surface area is 156 Å². The number of methoxy groups -OCH3 is 2. The van der Waals surface area contributed by atoms with Gasteiger partial charge in [0.2, 0.25) is 0 Å². The molecule has 1 fully saturated rings. The molecule has 0 spiro atoms. The number of benzene rings is 1. The lowest BCUT2D eigenvalue weighted by Gasteiger charge is -2.46. The van der Waals surface area contributed by atoms with Crippen LogP contribution in [0, 0.1) is 11.8 Å². The van der Waals surface area contributed by atoms with Crippen molar-refractivity contribution in [3.05, 3.63) is 23.3 Å². The summed E-state index contributed by atoms with van der Waals surface area (Å²) in [7, 11) is -5.56. The molecule has 2 N–H and O–H groups in total. The zero-order valence-electron chi connectivity index (χ0n) is 20.1. The Morgan fingerprint density at radius 2 is 2.12 bits per heavy atom. The highest BCUT2D eigenvalue weighted by atomic mass is 16.5. The summed E-state index contributed by atoms with van der Waals surface area (Å²) in [5.74, 6) is -1.99. The molecule has 0 aliphatic carbocycles. The standard InChI is InChI=1S/C19H27NO5/c1-11(19(22)23)6-13-10-20-5-4-12-7-17(24-2)18(25-3)8-14(12)15(20)9-16(13)21/h7-8,11,13,15-16,21H,4-6,9-10H2,1-3H3,(H,22,23)/t11?,13-,15-,16+/m0/s1/i2D3,3D3. The molecule has 6 heteroatoms. The minimum Gasteiger partial charge on any atom is -0.493 e. The van der Waals surface area contributed by atoms with Gasteiger partial charge in [0, 0.05) is 19.1 Å². The van der Waals surface area contributed by atoms with Gasteiger partial charge in [-0.05, 0) is 48.4 Å². The zero-order chi connectivity index (χ0) is 23.1. The smallest absolute Gasteiger partial charge is 0.306 e. The number of fused-ring (bicyclic) bond motifs is 3. The van der Waals surface area contributed by atoms with Crippen LogP contribution in [-0.2, 0) is 11.2 Å². The summed E-state index contributed by atoms with van der Waals surface area (Å²) in [5.41, 5.74) is 1.56. The quantitative estimate of drug-likeness (QED) is 0.842. The van der Waals surface area contributed by atoms with Crippen LogP contribution in [0.5, 0.6) is 11.5 Å². The highest BCUT2D eigenvalue weighted by Gasteiger charge is 2.39. The van der Waals surface area contributed by atoms with E-state index in [1.807, 2.05) is 0 Å². The van der Waals surface area contributed by atoms with Crippen LogP contribution in [0.3, 0.4) is 0 Å². The average Bonchev–Trinajstić information content (AvgIpc) is 2.60. The molecule has 2 aliphatic rings. The Hall–Kier alpha value is -1.79. The van der Waals surface area contributed by atoms with Crippen LogP contribution in [0.15, 0.2) is 12.1 Å². The lowest BCUT2D eigenvalue weighted by molar-refractivity contribution is -0.142. The first-order valence-corrected chi connectivity index (χ1v) is 8.43. The number of hydrogen-bond acceptors (Lipinski definition) is 5. The number of aliphatic carboxylic acids is 1. The molecule has 4 atom stereocenters. The molecule has 1 aromatic rings. The summed E-state index contributed by atoms with van der Waals surface area (Å²) >= 11 is 0. The van der Waals surface area contributed by atoms with E-state index in [4.69, 9.17) is 17.7 Å². The van der Waals surface area contributed by atoms with Crippen molar-refractivity contribution in [1.82, 2.24) is 4.90 Å². The summed E-state index contributed by atoms with van der Waals surface area (Å²) in [6.07, 6.45) is 0.593. The second-order valence-corrected chi connectivity index (χ2v) is 7.00. The van der Waals surface area contributed by atoms with Gasteiger partial charge in [0.05, 0.1) is 34.3 Å². The molecule has 0 amide bonds. The first-order chi connectivity index (χ1) is 14.2. The van der Waals surface area contributed by atoms with Crippen LogP contribution in [0.4, 0.5) is 0 Å². The molecule has 138 valence electrons. The van der Waals surface area contributed by atoms with Gasteiger partial charge in [-0.15, -0.1) is 0 Å². The van der Waals surface area contributed by atoms with E-state index in [2.05, 4.69) is 4.90 Å². The second-order valence-electron chi connectivity index (χ2n) is 7.00. The number of carbonyl (C=O) groups is 1. The number of hydrogen-bond donors (Lipinski definition) is 2. The second kappa shape index (κ2) is 7.22. The summed E-state index contributed by atoms with van der Waals surface area (Å²) in [4.78, 5) is 13.4. The SMILES string of the molecule is [2H]C([2H])([2H])Oc1cc2c(cc1OC([2H])([2H])[2H])[C@@H]1C[C@@H](O)[C@@H](CC(C)C(=O)O)CN1CC2. The van der Waals surface area contributed by atoms with E-state index in [0.717, 1.165) is 11.1 Å². The zero-order valence-corrected chi connectivity index (χ0v) is 14.1. The van der Waals surface area contributed by atoms with E-state index >= 15 is 0 Å². The minimum absolute atomic E-state index is 0.159. The molecule has 0 saturated carbocycles. The molecule has 1 saturated heterocycles. The number of carboxylic acids is 1. The number of nitrogens with zero attached hydrogens (tertiary/aromatic N) is 1. The summed E-state index contributed by atoms with van der Waals surface area (Å²) < 4.78 is 54.3. The van der Waals surface area contributed by atoms with Crippen LogP contribution in [0.1, 0.15) is 45.2 Å². The number of piperidine rings is 1. The van der Waals surface area contributed by atoms with Crippen molar-refractivity contribution >= 4 is 5.97 Å². The molecular weight excluding hydrogens is 322 g/mol. The normalized spacial score (nSPS) is 31.7. The maximum absolute atomic E-state index is 11.2. The molecular formula is C19H27NO5. The third-order valence-electron chi connectivity index (χ3n) is 5.45. The lowest BCUT2D eigenvalue weighted by atomic mass is 9.79. The fourth-order valence-electron chi connectivity index (χ4n) is 4.05. The van der Waals surface area contributed by atoms with Gasteiger partial charge in [0.15, 0.2) is 11.5 Å². The van der Waals surface area contributed by atoms with Crippen molar-refractivity contribution in [2.45, 2.75) is 38.3 Å². The van der Waals surface area contributed by atoms with Crippen molar-refractivity contribution in [2.75, 3.05) is 27.2 Å². The third-order valence-corrected chi connectivity index (χ3v) is 5.45. The molecule has 0 bridgehead atoms. The van der Waals surface area contributed by atoms with Crippen LogP contribution in [0.25, 0.3) is 0 Å². The molecule has 2 heterocycles. The van der Waals surface area contributed by atoms with Gasteiger partial charge in [-0.2, -0.15) is 0 Å². The van der Waals surface area contributed by atoms with E-state index in [1.165, 1.54) is 12.1 Å². The van der Waals surface area contributed by atoms with Crippen LogP contribution < -0.4 is 9.47 Å². The van der Waals surface area contributed by atoms with Crippen molar-refractivity contribution in [1.29, 1.82) is 0 Å². The molecule has 0 radical (unpaired) electrons. The van der Waals surface area contributed by atoms with Crippen molar-refractivity contribution in [3.8, 4) is 11.5 Å². The molecule has 3 rings (SSSR count). The van der Waals surface area contributed by atoms with Crippen LogP contribution in [-0.4, -0.2) is 54.4 Å². The van der Waals surface area contributed by atoms with Gasteiger partial charge >= 0.3 is 5.97 Å². The fourth-order valence-corrected chi connectivity index (χ4v) is 4.05. The Kier molecular flexibility index (Phi) is 3.39. The number of ether oxygens (including phenoxy) is 2. The maximum atomic E-state index is 11.2. The minimum atomic E-state index is -2.79. The first-order valence-electron chi connectivity index (χ1n) is 11.4. The Bertz CT molecular complexity index is 827. The predicted octanol–water partition coefficient (Wildman–Crippen LogP) is 2.09. The Morgan fingerprint density at radius 1 is 1.40 bits per heavy atom. The topological polar surface area (TPSA) is 79.2 Å². The largest absolute Gasteiger partial charge is 0.493 e. The summed E-state index contributed by atoms with van der Waals surface area (Å²) in [6, 6.07) is 2.79. The Balaban J connectivity index is 1.90. The molecule has 1 aromatic carbocycles. The molecule has 0 aromatic heterocycles. The maximum Gasteiger partial charge on any atom is 0.306 e. The van der Waals surface area contributed by atoms with Gasteiger partial charge in [-0.25, -0.2) is 0 Å². The first kappa shape index (κ1) is 11.8. The monoisotopic (exact) mass is 355 g/mol. The van der Waals surface area contributed by atoms with Gasteiger partial charge in [0.25, 0.3) is 0 Å². The lowest BCUT2D eigenvalue weighted by Crippen LogP contribution is -2.48. The highest BCUT2D eigenvalue weighted by Crippen LogP contribution is 2.43. The van der Waals surface area contributed by atoms with Gasteiger partial charge in [-0.1, -0.05) is 6.92 Å². The van der Waals surface area contributed by atoms with Crippen molar-refractivity contribution in [3.63, 3.8) is 0 Å². The number of rotatable bonds is 5. The highest BCUT2D eigenvalue weighted by molar-refractivity contribution is 5.69. The molecule has 6 nitrogen and oxygen atoms in total. The molecule has 1 unspecified atom stereocenters. The van der Waals surface area contributed by atoms with Crippen molar-refractivity contribution < 1.29 is 32.7 Å². The van der Waals surface area contributed by atoms with Crippen LogP contribution >= 0.6 is 0 Å². The summed E-state index contributed by atoms with van der Waals surface area (Å²) in [6.45, 7) is 2.79. The number of aliphatic hydroxyl groups is 1. The van der Waals surface area contributed by atoms with E-state index < -0.39 is 32.1 Å². The van der Waals surface area contributed by atoms with Crippen LogP contribution in [0.2, 0.25) is 0 Å². The summed E-state index contributed by atoms with van der Waals surface area (Å²) in [5, 5.41) is 19.9. The van der Waals surface area contributed by atoms with E-state index in [-0.39, 0.29) is 23.5 Å². The number of carboxylic acid groups (broad SMARTS) is 1. The van der Waals surface area contributed by atoms with Gasteiger partial charge < -0.3 is 19.7 Å². The fraction of sp³-hybridized carbons (Fsp3) is 0.632. The predicted molar refractivity (Wildman–Crippen MR) is 93.1 cm³/mol. The van der Waals surface area contributed by atoms with E-state index in [1.54, 1.807) is 6.92 Å². The van der Waals surface area contributed by atoms with E-state index in [9.17, 15) is 15.0 Å². The van der Waals surface area contributed by atoms with Gasteiger partial charge in [-0.3, -0.25) is 9.69 Å². The van der Waals surface area contributed by atoms with E-state index in [0.29, 0.717) is 32.4 Å². The van der Waals surface area contributed by atoms with Gasteiger partial charge in [0.1, 0.15) is 0 Å². The van der Waals surface area contributed by atoms with Crippen molar-refractivity contribution in [2.24, 2.45) is 11.8 Å². The Morgan fingerprint density at radius 3 is 2.80 bits per heavy atom. The average molecular weight is 355 g/mol. The molecule has 25 heavy (non-hydrogen) atoms. The molecule has 2 aliphatic heterocycles.